The number of ether oxygens (including phenoxy) is 1. The Hall–Kier alpha value is -2.36. The highest BCUT2D eigenvalue weighted by atomic mass is 32.1. The van der Waals surface area contributed by atoms with Crippen LogP contribution in [0.1, 0.15) is 65.7 Å². The number of hydrogen-bond acceptors (Lipinski definition) is 5. The fourth-order valence-corrected chi connectivity index (χ4v) is 4.12. The van der Waals surface area contributed by atoms with E-state index in [9.17, 15) is 10.1 Å². The molecule has 4 N–H and O–H groups in total. The van der Waals surface area contributed by atoms with Gasteiger partial charge in [-0.05, 0) is 18.9 Å². The van der Waals surface area contributed by atoms with Crippen molar-refractivity contribution in [2.24, 2.45) is 5.92 Å². The number of nitriles is 1. The minimum absolute atomic E-state index is 0.221. The Kier molecular flexibility index (Phi) is 7.40. The SMILES string of the molecule is CCOC(=O)c1sc(N)c(C#N)c1C[NH2+][C@@H](c1ccc(CC)cc1)C(C)C. The summed E-state index contributed by atoms with van der Waals surface area (Å²) in [6.07, 6.45) is 1.01. The van der Waals surface area contributed by atoms with E-state index in [1.165, 1.54) is 11.1 Å². The first-order valence-electron chi connectivity index (χ1n) is 9.33. The molecule has 0 aliphatic carbocycles. The second-order valence-electron chi connectivity index (χ2n) is 6.79. The van der Waals surface area contributed by atoms with Gasteiger partial charge in [0.1, 0.15) is 28.5 Å². The normalized spacial score (nSPS) is 12.0. The van der Waals surface area contributed by atoms with Crippen molar-refractivity contribution in [3.05, 3.63) is 51.4 Å². The molecular formula is C21H28N3O2S+. The number of nitrogen functional groups attached to an aromatic ring is 1. The van der Waals surface area contributed by atoms with E-state index < -0.39 is 5.97 Å². The standard InChI is InChI=1S/C21H27N3O2S/c1-5-14-7-9-15(10-8-14)18(13(3)4)24-12-17-16(11-22)20(23)27-19(17)21(25)26-6-2/h7-10,13,18,24H,5-6,12,23H2,1-4H3/p+1/t18-/m1/s1. The molecule has 0 unspecified atom stereocenters. The van der Waals surface area contributed by atoms with E-state index in [1.807, 2.05) is 0 Å². The third-order valence-electron chi connectivity index (χ3n) is 4.67. The molecule has 2 rings (SSSR count). The number of esters is 1. The maximum Gasteiger partial charge on any atom is 0.348 e. The summed E-state index contributed by atoms with van der Waals surface area (Å²) in [6, 6.07) is 11.0. The molecular weight excluding hydrogens is 358 g/mol. The van der Waals surface area contributed by atoms with Gasteiger partial charge in [0, 0.05) is 11.5 Å². The second-order valence-corrected chi connectivity index (χ2v) is 7.84. The van der Waals surface area contributed by atoms with Crippen LogP contribution in [0.4, 0.5) is 5.00 Å². The van der Waals surface area contributed by atoms with Gasteiger partial charge in [0.2, 0.25) is 0 Å². The molecule has 2 aromatic rings. The van der Waals surface area contributed by atoms with Crippen molar-refractivity contribution in [1.82, 2.24) is 0 Å². The van der Waals surface area contributed by atoms with Crippen LogP contribution in [-0.4, -0.2) is 12.6 Å². The summed E-state index contributed by atoms with van der Waals surface area (Å²) in [5.41, 5.74) is 9.58. The van der Waals surface area contributed by atoms with Crippen molar-refractivity contribution in [3.63, 3.8) is 0 Å². The van der Waals surface area contributed by atoms with Crippen LogP contribution in [0.2, 0.25) is 0 Å². The van der Waals surface area contributed by atoms with Crippen LogP contribution in [0.15, 0.2) is 24.3 Å². The molecule has 144 valence electrons. The number of quaternary nitrogens is 1. The molecule has 0 saturated carbocycles. The van der Waals surface area contributed by atoms with Crippen LogP contribution >= 0.6 is 11.3 Å². The molecule has 27 heavy (non-hydrogen) atoms. The fraction of sp³-hybridized carbons (Fsp3) is 0.429. The predicted octanol–water partition coefficient (Wildman–Crippen LogP) is 3.40. The van der Waals surface area contributed by atoms with E-state index in [4.69, 9.17) is 10.5 Å². The van der Waals surface area contributed by atoms with Gasteiger partial charge < -0.3 is 15.8 Å². The lowest BCUT2D eigenvalue weighted by Gasteiger charge is -2.20. The molecule has 0 fully saturated rings. The van der Waals surface area contributed by atoms with Crippen molar-refractivity contribution < 1.29 is 14.8 Å². The van der Waals surface area contributed by atoms with Crippen LogP contribution in [0.25, 0.3) is 0 Å². The first-order valence-corrected chi connectivity index (χ1v) is 10.1. The molecule has 1 aromatic carbocycles. The third kappa shape index (κ3) is 4.88. The molecule has 1 heterocycles. The van der Waals surface area contributed by atoms with E-state index in [2.05, 4.69) is 56.4 Å². The van der Waals surface area contributed by atoms with Crippen molar-refractivity contribution in [2.45, 2.75) is 46.7 Å². The van der Waals surface area contributed by atoms with E-state index >= 15 is 0 Å². The summed E-state index contributed by atoms with van der Waals surface area (Å²) in [4.78, 5) is 12.7. The highest BCUT2D eigenvalue weighted by Crippen LogP contribution is 2.31. The van der Waals surface area contributed by atoms with Crippen LogP contribution < -0.4 is 11.1 Å². The lowest BCUT2D eigenvalue weighted by Crippen LogP contribution is -2.84. The van der Waals surface area contributed by atoms with Gasteiger partial charge in [-0.25, -0.2) is 4.79 Å². The average Bonchev–Trinajstić information content (AvgIpc) is 2.98. The van der Waals surface area contributed by atoms with Crippen molar-refractivity contribution in [3.8, 4) is 6.07 Å². The zero-order valence-electron chi connectivity index (χ0n) is 16.4. The summed E-state index contributed by atoms with van der Waals surface area (Å²) < 4.78 is 5.14. The number of nitrogens with two attached hydrogens (primary N) is 2. The second kappa shape index (κ2) is 9.54. The van der Waals surface area contributed by atoms with Gasteiger partial charge in [-0.2, -0.15) is 5.26 Å². The zero-order chi connectivity index (χ0) is 20.0. The van der Waals surface area contributed by atoms with Crippen molar-refractivity contribution in [1.29, 1.82) is 5.26 Å². The number of carbonyl (C=O) groups excluding carboxylic acids is 1. The molecule has 6 heteroatoms. The maximum atomic E-state index is 12.3. The average molecular weight is 387 g/mol. The van der Waals surface area contributed by atoms with Crippen LogP contribution in [0.5, 0.6) is 0 Å². The number of thiophene rings is 1. The van der Waals surface area contributed by atoms with Crippen molar-refractivity contribution in [2.75, 3.05) is 12.3 Å². The number of anilines is 1. The molecule has 1 atom stereocenters. The zero-order valence-corrected chi connectivity index (χ0v) is 17.2. The van der Waals surface area contributed by atoms with E-state index in [0.717, 1.165) is 17.8 Å². The van der Waals surface area contributed by atoms with Gasteiger partial charge in [-0.1, -0.05) is 45.0 Å². The monoisotopic (exact) mass is 386 g/mol. The minimum Gasteiger partial charge on any atom is -0.462 e. The van der Waals surface area contributed by atoms with E-state index in [0.29, 0.717) is 40.1 Å². The molecule has 0 spiro atoms. The van der Waals surface area contributed by atoms with Gasteiger partial charge in [0.05, 0.1) is 17.7 Å². The maximum absolute atomic E-state index is 12.3. The first-order chi connectivity index (χ1) is 12.9. The smallest absolute Gasteiger partial charge is 0.348 e. The van der Waals surface area contributed by atoms with Crippen LogP contribution in [-0.2, 0) is 17.7 Å². The van der Waals surface area contributed by atoms with Crippen molar-refractivity contribution >= 4 is 22.3 Å². The minimum atomic E-state index is -0.410. The number of aryl methyl sites for hydroxylation is 1. The number of nitrogens with zero attached hydrogens (tertiary/aromatic N) is 1. The molecule has 0 aliphatic rings. The fourth-order valence-electron chi connectivity index (χ4n) is 3.18. The van der Waals surface area contributed by atoms with Gasteiger partial charge in [0.15, 0.2) is 0 Å². The quantitative estimate of drug-likeness (QED) is 0.680. The highest BCUT2D eigenvalue weighted by molar-refractivity contribution is 7.18. The number of rotatable bonds is 8. The Morgan fingerprint density at radius 1 is 1.30 bits per heavy atom. The lowest BCUT2D eigenvalue weighted by molar-refractivity contribution is -0.717. The number of hydrogen-bond donors (Lipinski definition) is 2. The summed E-state index contributed by atoms with van der Waals surface area (Å²) >= 11 is 1.14. The van der Waals surface area contributed by atoms with Gasteiger partial charge in [0.25, 0.3) is 0 Å². The Bertz CT molecular complexity index is 819. The topological polar surface area (TPSA) is 92.7 Å². The first kappa shape index (κ1) is 20.9. The van der Waals surface area contributed by atoms with Gasteiger partial charge >= 0.3 is 5.97 Å². The summed E-state index contributed by atoms with van der Waals surface area (Å²) in [7, 11) is 0. The molecule has 0 radical (unpaired) electrons. The Morgan fingerprint density at radius 3 is 2.48 bits per heavy atom. The molecule has 1 aromatic heterocycles. The highest BCUT2D eigenvalue weighted by Gasteiger charge is 2.26. The van der Waals surface area contributed by atoms with E-state index in [1.54, 1.807) is 6.92 Å². The molecule has 0 saturated heterocycles. The van der Waals surface area contributed by atoms with Crippen LogP contribution in [0, 0.1) is 17.2 Å². The predicted molar refractivity (Wildman–Crippen MR) is 108 cm³/mol. The third-order valence-corrected chi connectivity index (χ3v) is 5.72. The van der Waals surface area contributed by atoms with E-state index in [-0.39, 0.29) is 6.04 Å². The molecule has 0 amide bonds. The Balaban J connectivity index is 2.28. The lowest BCUT2D eigenvalue weighted by atomic mass is 9.94. The molecule has 0 bridgehead atoms. The van der Waals surface area contributed by atoms with Gasteiger partial charge in [-0.15, -0.1) is 11.3 Å². The molecule has 0 aliphatic heterocycles. The van der Waals surface area contributed by atoms with Gasteiger partial charge in [-0.3, -0.25) is 0 Å². The number of benzene rings is 1. The summed E-state index contributed by atoms with van der Waals surface area (Å²) in [6.45, 7) is 9.05. The summed E-state index contributed by atoms with van der Waals surface area (Å²) in [5.74, 6) is -0.0162. The van der Waals surface area contributed by atoms with Crippen LogP contribution in [0.3, 0.4) is 0 Å². The largest absolute Gasteiger partial charge is 0.462 e. The molecule has 5 nitrogen and oxygen atoms in total. The Morgan fingerprint density at radius 2 is 1.96 bits per heavy atom. The number of carbonyl (C=O) groups is 1. The summed E-state index contributed by atoms with van der Waals surface area (Å²) in [5, 5.41) is 12.0. The Labute approximate surface area is 165 Å².